The van der Waals surface area contributed by atoms with Crippen LogP contribution in [0.5, 0.6) is 0 Å². The van der Waals surface area contributed by atoms with E-state index in [2.05, 4.69) is 18.0 Å². The van der Waals surface area contributed by atoms with E-state index in [1.165, 1.54) is 11.0 Å². The highest BCUT2D eigenvalue weighted by Crippen LogP contribution is 2.48. The van der Waals surface area contributed by atoms with E-state index in [1.54, 1.807) is 12.1 Å². The zero-order chi connectivity index (χ0) is 16.6. The molecule has 1 aliphatic heterocycles. The van der Waals surface area contributed by atoms with E-state index in [-0.39, 0.29) is 6.10 Å². The molecule has 0 aromatic heterocycles. The fourth-order valence-corrected chi connectivity index (χ4v) is 2.75. The molecule has 0 unspecified atom stereocenters. The molecule has 23 heavy (non-hydrogen) atoms. The van der Waals surface area contributed by atoms with Crippen molar-refractivity contribution in [1.29, 1.82) is 5.26 Å². The molecular formula is C17H18FN3O2. The third-order valence-electron chi connectivity index (χ3n) is 4.25. The van der Waals surface area contributed by atoms with E-state index in [9.17, 15) is 14.4 Å². The maximum atomic E-state index is 14.4. The predicted molar refractivity (Wildman–Crippen MR) is 83.4 cm³/mol. The number of rotatable bonds is 5. The van der Waals surface area contributed by atoms with Gasteiger partial charge in [-0.1, -0.05) is 12.6 Å². The van der Waals surface area contributed by atoms with Crippen molar-refractivity contribution in [3.63, 3.8) is 0 Å². The SMILES string of the molecule is C=C(C)NC[C@H]1CN(c2ccc(C3(C#N)CC3)c(F)c2)C(=O)O1. The molecule has 1 aliphatic carbocycles. The first-order valence-electron chi connectivity index (χ1n) is 7.54. The second kappa shape index (κ2) is 5.58. The normalized spacial score (nSPS) is 21.5. The molecular weight excluding hydrogens is 297 g/mol. The standard InChI is InChI=1S/C17H18FN3O2/c1-11(2)20-8-13-9-21(16(22)23-13)12-3-4-14(15(18)7-12)17(10-19)5-6-17/h3-4,7,13,20H,1,5-6,8-9H2,2H3/t13-/m0/s1. The van der Waals surface area contributed by atoms with Gasteiger partial charge in [-0.05, 0) is 31.9 Å². The van der Waals surface area contributed by atoms with Crippen LogP contribution in [-0.4, -0.2) is 25.3 Å². The van der Waals surface area contributed by atoms with Crippen molar-refractivity contribution < 1.29 is 13.9 Å². The largest absolute Gasteiger partial charge is 0.442 e. The van der Waals surface area contributed by atoms with Gasteiger partial charge in [0, 0.05) is 11.3 Å². The Bertz CT molecular complexity index is 706. The minimum Gasteiger partial charge on any atom is -0.442 e. The molecule has 0 bridgehead atoms. The van der Waals surface area contributed by atoms with Gasteiger partial charge in [0.05, 0.1) is 30.3 Å². The Morgan fingerprint density at radius 3 is 2.91 bits per heavy atom. The van der Waals surface area contributed by atoms with Crippen molar-refractivity contribution in [2.45, 2.75) is 31.3 Å². The molecule has 0 spiro atoms. The Kier molecular flexibility index (Phi) is 3.72. The van der Waals surface area contributed by atoms with E-state index in [1.807, 2.05) is 6.92 Å². The number of ether oxygens (including phenoxy) is 1. The van der Waals surface area contributed by atoms with Crippen LogP contribution in [0.1, 0.15) is 25.3 Å². The van der Waals surface area contributed by atoms with Crippen LogP contribution >= 0.6 is 0 Å². The number of cyclic esters (lactones) is 1. The molecule has 5 nitrogen and oxygen atoms in total. The maximum absolute atomic E-state index is 14.4. The van der Waals surface area contributed by atoms with Gasteiger partial charge in [-0.25, -0.2) is 9.18 Å². The number of amides is 1. The molecule has 6 heteroatoms. The Balaban J connectivity index is 1.75. The van der Waals surface area contributed by atoms with Gasteiger partial charge in [-0.15, -0.1) is 0 Å². The monoisotopic (exact) mass is 315 g/mol. The van der Waals surface area contributed by atoms with Gasteiger partial charge in [-0.2, -0.15) is 5.26 Å². The molecule has 1 saturated heterocycles. The minimum atomic E-state index is -0.678. The summed E-state index contributed by atoms with van der Waals surface area (Å²) in [5, 5.41) is 12.2. The summed E-state index contributed by atoms with van der Waals surface area (Å²) in [6.45, 7) is 6.37. The van der Waals surface area contributed by atoms with Crippen molar-refractivity contribution >= 4 is 11.8 Å². The minimum absolute atomic E-state index is 0.309. The molecule has 3 rings (SSSR count). The van der Waals surface area contributed by atoms with Crippen LogP contribution in [0.3, 0.4) is 0 Å². The van der Waals surface area contributed by atoms with Gasteiger partial charge >= 0.3 is 6.09 Å². The van der Waals surface area contributed by atoms with Crippen molar-refractivity contribution in [3.8, 4) is 6.07 Å². The summed E-state index contributed by atoms with van der Waals surface area (Å²) in [4.78, 5) is 13.4. The molecule has 0 radical (unpaired) electrons. The number of hydrogen-bond acceptors (Lipinski definition) is 4. The van der Waals surface area contributed by atoms with E-state index >= 15 is 0 Å². The molecule has 1 atom stereocenters. The van der Waals surface area contributed by atoms with Crippen LogP contribution in [0.25, 0.3) is 0 Å². The fourth-order valence-electron chi connectivity index (χ4n) is 2.75. The zero-order valence-electron chi connectivity index (χ0n) is 12.9. The Morgan fingerprint density at radius 1 is 1.61 bits per heavy atom. The van der Waals surface area contributed by atoms with Crippen LogP contribution in [-0.2, 0) is 10.2 Å². The zero-order valence-corrected chi connectivity index (χ0v) is 12.9. The maximum Gasteiger partial charge on any atom is 0.414 e. The highest BCUT2D eigenvalue weighted by molar-refractivity contribution is 5.89. The summed E-state index contributed by atoms with van der Waals surface area (Å²) in [6, 6.07) is 6.77. The Morgan fingerprint density at radius 2 is 2.35 bits per heavy atom. The molecule has 120 valence electrons. The number of hydrogen-bond donors (Lipinski definition) is 1. The topological polar surface area (TPSA) is 65.4 Å². The summed E-state index contributed by atoms with van der Waals surface area (Å²) >= 11 is 0. The number of carbonyl (C=O) groups is 1. The highest BCUT2D eigenvalue weighted by atomic mass is 19.1. The molecule has 2 aliphatic rings. The average molecular weight is 315 g/mol. The summed E-state index contributed by atoms with van der Waals surface area (Å²) in [5.74, 6) is -0.446. The molecule has 1 aromatic carbocycles. The molecule has 1 aromatic rings. The summed E-state index contributed by atoms with van der Waals surface area (Å²) in [6.07, 6.45) is 0.559. The van der Waals surface area contributed by atoms with Crippen molar-refractivity contribution in [3.05, 3.63) is 41.9 Å². The second-order valence-electron chi connectivity index (χ2n) is 6.14. The molecule has 1 saturated carbocycles. The van der Waals surface area contributed by atoms with Gasteiger partial charge in [0.2, 0.25) is 0 Å². The van der Waals surface area contributed by atoms with Crippen LogP contribution < -0.4 is 10.2 Å². The quantitative estimate of drug-likeness (QED) is 0.907. The second-order valence-corrected chi connectivity index (χ2v) is 6.14. The van der Waals surface area contributed by atoms with Gasteiger partial charge in [0.25, 0.3) is 0 Å². The van der Waals surface area contributed by atoms with Gasteiger partial charge in [0.15, 0.2) is 0 Å². The van der Waals surface area contributed by atoms with Gasteiger partial charge in [-0.3, -0.25) is 4.90 Å². The summed E-state index contributed by atoms with van der Waals surface area (Å²) in [7, 11) is 0. The van der Waals surface area contributed by atoms with Crippen molar-refractivity contribution in [2.75, 3.05) is 18.0 Å². The van der Waals surface area contributed by atoms with E-state index < -0.39 is 17.3 Å². The van der Waals surface area contributed by atoms with Crippen LogP contribution in [0.15, 0.2) is 30.5 Å². The van der Waals surface area contributed by atoms with Crippen LogP contribution in [0, 0.1) is 17.1 Å². The first kappa shape index (κ1) is 15.3. The van der Waals surface area contributed by atoms with E-state index in [0.717, 1.165) is 5.70 Å². The highest BCUT2D eigenvalue weighted by Gasteiger charge is 2.47. The first-order chi connectivity index (χ1) is 10.9. The van der Waals surface area contributed by atoms with Gasteiger partial charge < -0.3 is 10.1 Å². The number of anilines is 1. The third-order valence-corrected chi connectivity index (χ3v) is 4.25. The number of allylic oxidation sites excluding steroid dienone is 1. The molecule has 1 N–H and O–H groups in total. The lowest BCUT2D eigenvalue weighted by molar-refractivity contribution is 0.141. The third kappa shape index (κ3) is 2.87. The Labute approximate surface area is 134 Å². The van der Waals surface area contributed by atoms with Crippen LogP contribution in [0.4, 0.5) is 14.9 Å². The number of halogens is 1. The van der Waals surface area contributed by atoms with E-state index in [4.69, 9.17) is 4.74 Å². The summed E-state index contributed by atoms with van der Waals surface area (Å²) in [5.41, 5.74) is 0.975. The Hall–Kier alpha value is -2.55. The number of nitrogens with zero attached hydrogens (tertiary/aromatic N) is 2. The molecule has 1 amide bonds. The first-order valence-corrected chi connectivity index (χ1v) is 7.54. The number of nitriles is 1. The summed E-state index contributed by atoms with van der Waals surface area (Å²) < 4.78 is 19.6. The average Bonchev–Trinajstić information content (AvgIpc) is 3.22. The smallest absolute Gasteiger partial charge is 0.414 e. The fraction of sp³-hybridized carbons (Fsp3) is 0.412. The van der Waals surface area contributed by atoms with Gasteiger partial charge in [0.1, 0.15) is 11.9 Å². The van der Waals surface area contributed by atoms with E-state index in [0.29, 0.717) is 37.2 Å². The lowest BCUT2D eigenvalue weighted by Gasteiger charge is -2.15. The number of nitrogens with one attached hydrogen (secondary N) is 1. The predicted octanol–water partition coefficient (Wildman–Crippen LogP) is 2.83. The number of carbonyl (C=O) groups excluding carboxylic acids is 1. The number of benzene rings is 1. The van der Waals surface area contributed by atoms with Crippen molar-refractivity contribution in [1.82, 2.24) is 5.32 Å². The lowest BCUT2D eigenvalue weighted by Crippen LogP contribution is -2.30. The van der Waals surface area contributed by atoms with Crippen molar-refractivity contribution in [2.24, 2.45) is 0 Å². The van der Waals surface area contributed by atoms with Crippen LogP contribution in [0.2, 0.25) is 0 Å². The lowest BCUT2D eigenvalue weighted by atomic mass is 9.97. The molecule has 2 fully saturated rings. The molecule has 1 heterocycles.